The van der Waals surface area contributed by atoms with Crippen LogP contribution in [0.15, 0.2) is 11.6 Å². The SMILES string of the molecule is CC1=CC(=O)[C@@H]2O[C@H]3C[C@@H]2[C@@H]1C[C@@H]3Br. The smallest absolute Gasteiger partial charge is 0.184 e. The topological polar surface area (TPSA) is 26.3 Å². The first-order valence-electron chi connectivity index (χ1n) is 5.18. The summed E-state index contributed by atoms with van der Waals surface area (Å²) in [5, 5.41) is 0. The third-order valence-corrected chi connectivity index (χ3v) is 4.81. The molecule has 14 heavy (non-hydrogen) atoms. The summed E-state index contributed by atoms with van der Waals surface area (Å²) in [5.41, 5.74) is 1.25. The van der Waals surface area contributed by atoms with Crippen LogP contribution in [0.25, 0.3) is 0 Å². The number of carbonyl (C=O) groups is 1. The molecule has 0 unspecified atom stereocenters. The molecular weight excluding hydrogens is 244 g/mol. The van der Waals surface area contributed by atoms with Gasteiger partial charge in [-0.3, -0.25) is 4.79 Å². The lowest BCUT2D eigenvalue weighted by molar-refractivity contribution is -0.126. The van der Waals surface area contributed by atoms with Crippen LogP contribution >= 0.6 is 15.9 Å². The zero-order valence-electron chi connectivity index (χ0n) is 8.07. The quantitative estimate of drug-likeness (QED) is 0.621. The first-order valence-corrected chi connectivity index (χ1v) is 6.10. The highest BCUT2D eigenvalue weighted by atomic mass is 79.9. The minimum atomic E-state index is -0.128. The van der Waals surface area contributed by atoms with E-state index in [2.05, 4.69) is 22.9 Å². The molecule has 2 fully saturated rings. The molecule has 0 aromatic heterocycles. The molecule has 1 saturated carbocycles. The van der Waals surface area contributed by atoms with Crippen LogP contribution < -0.4 is 0 Å². The second kappa shape index (κ2) is 2.92. The summed E-state index contributed by atoms with van der Waals surface area (Å²) in [4.78, 5) is 12.1. The fourth-order valence-electron chi connectivity index (χ4n) is 3.13. The van der Waals surface area contributed by atoms with Crippen molar-refractivity contribution in [2.24, 2.45) is 11.8 Å². The van der Waals surface area contributed by atoms with Gasteiger partial charge in [-0.25, -0.2) is 0 Å². The van der Waals surface area contributed by atoms with Crippen LogP contribution in [0.4, 0.5) is 0 Å². The zero-order valence-corrected chi connectivity index (χ0v) is 9.66. The van der Waals surface area contributed by atoms with Gasteiger partial charge in [-0.05, 0) is 31.8 Å². The molecule has 3 aliphatic rings. The lowest BCUT2D eigenvalue weighted by atomic mass is 9.70. The number of ether oxygens (including phenoxy) is 1. The molecule has 1 aliphatic heterocycles. The Morgan fingerprint density at radius 3 is 3.07 bits per heavy atom. The highest BCUT2D eigenvalue weighted by Gasteiger charge is 2.52. The summed E-state index contributed by atoms with van der Waals surface area (Å²) in [6.07, 6.45) is 4.11. The molecule has 0 amide bonds. The molecule has 76 valence electrons. The summed E-state index contributed by atoms with van der Waals surface area (Å²) in [7, 11) is 0. The molecule has 0 aromatic rings. The van der Waals surface area contributed by atoms with Crippen LogP contribution in [0, 0.1) is 11.8 Å². The Morgan fingerprint density at radius 1 is 1.50 bits per heavy atom. The van der Waals surface area contributed by atoms with Crippen molar-refractivity contribution in [2.75, 3.05) is 0 Å². The van der Waals surface area contributed by atoms with Gasteiger partial charge in [-0.2, -0.15) is 0 Å². The monoisotopic (exact) mass is 256 g/mol. The maximum Gasteiger partial charge on any atom is 0.184 e. The molecule has 2 aliphatic carbocycles. The molecule has 1 saturated heterocycles. The van der Waals surface area contributed by atoms with Crippen LogP contribution in [0.5, 0.6) is 0 Å². The van der Waals surface area contributed by atoms with E-state index in [9.17, 15) is 4.79 Å². The predicted molar refractivity (Wildman–Crippen MR) is 56.4 cm³/mol. The van der Waals surface area contributed by atoms with Gasteiger partial charge in [0.15, 0.2) is 5.78 Å². The zero-order chi connectivity index (χ0) is 9.87. The van der Waals surface area contributed by atoms with Crippen LogP contribution in [0.3, 0.4) is 0 Å². The van der Waals surface area contributed by atoms with Crippen molar-refractivity contribution in [3.05, 3.63) is 11.6 Å². The van der Waals surface area contributed by atoms with Crippen LogP contribution in [0.2, 0.25) is 0 Å². The summed E-state index contributed by atoms with van der Waals surface area (Å²) in [6, 6.07) is 0. The van der Waals surface area contributed by atoms with E-state index in [0.29, 0.717) is 16.7 Å². The van der Waals surface area contributed by atoms with Gasteiger partial charge in [0, 0.05) is 10.7 Å². The molecule has 3 rings (SSSR count). The summed E-state index contributed by atoms with van der Waals surface area (Å²) >= 11 is 3.66. The molecule has 0 aromatic carbocycles. The third kappa shape index (κ3) is 1.09. The average Bonchev–Trinajstić information content (AvgIpc) is 2.52. The minimum Gasteiger partial charge on any atom is -0.365 e. The molecule has 0 radical (unpaired) electrons. The van der Waals surface area contributed by atoms with E-state index in [1.807, 2.05) is 0 Å². The van der Waals surface area contributed by atoms with Gasteiger partial charge >= 0.3 is 0 Å². The van der Waals surface area contributed by atoms with Crippen LogP contribution in [-0.4, -0.2) is 22.8 Å². The first kappa shape index (κ1) is 9.10. The normalized spacial score (nSPS) is 50.6. The Kier molecular flexibility index (Phi) is 1.90. The molecule has 3 heteroatoms. The van der Waals surface area contributed by atoms with E-state index in [4.69, 9.17) is 4.74 Å². The van der Waals surface area contributed by atoms with E-state index in [-0.39, 0.29) is 18.0 Å². The van der Waals surface area contributed by atoms with E-state index >= 15 is 0 Å². The molecule has 0 spiro atoms. The molecular formula is C11H13BrO2. The van der Waals surface area contributed by atoms with Gasteiger partial charge in [0.05, 0.1) is 6.10 Å². The molecule has 1 heterocycles. The average molecular weight is 257 g/mol. The van der Waals surface area contributed by atoms with Crippen molar-refractivity contribution in [1.29, 1.82) is 0 Å². The summed E-state index contributed by atoms with van der Waals surface area (Å²) in [6.45, 7) is 2.08. The number of ketones is 1. The number of alkyl halides is 1. The van der Waals surface area contributed by atoms with Crippen molar-refractivity contribution in [3.8, 4) is 0 Å². The second-order valence-electron chi connectivity index (χ2n) is 4.64. The number of hydrogen-bond acceptors (Lipinski definition) is 2. The molecule has 5 atom stereocenters. The number of rotatable bonds is 0. The van der Waals surface area contributed by atoms with E-state index in [0.717, 1.165) is 12.8 Å². The maximum absolute atomic E-state index is 11.7. The van der Waals surface area contributed by atoms with Gasteiger partial charge in [0.25, 0.3) is 0 Å². The Bertz CT molecular complexity index is 323. The maximum atomic E-state index is 11.7. The second-order valence-corrected chi connectivity index (χ2v) is 5.82. The fraction of sp³-hybridized carbons (Fsp3) is 0.727. The van der Waals surface area contributed by atoms with Crippen molar-refractivity contribution in [2.45, 2.75) is 36.8 Å². The molecule has 0 N–H and O–H groups in total. The van der Waals surface area contributed by atoms with Gasteiger partial charge in [0.1, 0.15) is 6.10 Å². The van der Waals surface area contributed by atoms with Gasteiger partial charge in [0.2, 0.25) is 0 Å². The number of hydrogen-bond donors (Lipinski definition) is 0. The highest BCUT2D eigenvalue weighted by Crippen LogP contribution is 2.49. The predicted octanol–water partition coefficient (Wildman–Crippen LogP) is 2.07. The van der Waals surface area contributed by atoms with E-state index < -0.39 is 0 Å². The Balaban J connectivity index is 2.03. The third-order valence-electron chi connectivity index (χ3n) is 3.85. The van der Waals surface area contributed by atoms with Gasteiger partial charge in [-0.15, -0.1) is 0 Å². The number of carbonyl (C=O) groups excluding carboxylic acids is 1. The number of halogens is 1. The van der Waals surface area contributed by atoms with Crippen molar-refractivity contribution < 1.29 is 9.53 Å². The Hall–Kier alpha value is -0.150. The first-order chi connectivity index (χ1) is 6.66. The van der Waals surface area contributed by atoms with Crippen molar-refractivity contribution >= 4 is 21.7 Å². The summed E-state index contributed by atoms with van der Waals surface area (Å²) in [5.74, 6) is 1.22. The van der Waals surface area contributed by atoms with Crippen LogP contribution in [0.1, 0.15) is 19.8 Å². The summed E-state index contributed by atoms with van der Waals surface area (Å²) < 4.78 is 5.79. The van der Waals surface area contributed by atoms with E-state index in [1.54, 1.807) is 6.08 Å². The van der Waals surface area contributed by atoms with Gasteiger partial charge in [-0.1, -0.05) is 21.5 Å². The largest absolute Gasteiger partial charge is 0.365 e. The number of allylic oxidation sites excluding steroid dienone is 1. The molecule has 2 bridgehead atoms. The highest BCUT2D eigenvalue weighted by molar-refractivity contribution is 9.09. The van der Waals surface area contributed by atoms with Gasteiger partial charge < -0.3 is 4.74 Å². The lowest BCUT2D eigenvalue weighted by Gasteiger charge is -2.34. The minimum absolute atomic E-state index is 0.128. The fourth-order valence-corrected chi connectivity index (χ4v) is 3.87. The standard InChI is InChI=1S/C11H13BrO2/c1-5-2-9(13)11-7-4-10(14-11)8(12)3-6(5)7/h2,6-8,10-11H,3-4H2,1H3/t6-,7-,8+,10+,11-/m1/s1. The van der Waals surface area contributed by atoms with Crippen molar-refractivity contribution in [1.82, 2.24) is 0 Å². The Labute approximate surface area is 91.8 Å². The van der Waals surface area contributed by atoms with Crippen LogP contribution in [-0.2, 0) is 9.53 Å². The lowest BCUT2D eigenvalue weighted by Crippen LogP contribution is -2.36. The van der Waals surface area contributed by atoms with E-state index in [1.165, 1.54) is 5.57 Å². The van der Waals surface area contributed by atoms with Crippen molar-refractivity contribution in [3.63, 3.8) is 0 Å². The Morgan fingerprint density at radius 2 is 2.29 bits per heavy atom. The number of fused-ring (bicyclic) bond motifs is 1. The molecule has 2 nitrogen and oxygen atoms in total.